The molecule has 0 spiro atoms. The Morgan fingerprint density at radius 3 is 2.48 bits per heavy atom. The van der Waals surface area contributed by atoms with Crippen LogP contribution in [-0.4, -0.2) is 48.3 Å². The number of halogens is 1. The highest BCUT2D eigenvalue weighted by Crippen LogP contribution is 2.25. The highest BCUT2D eigenvalue weighted by molar-refractivity contribution is 14.1. The molecule has 3 aliphatic rings. The number of hydrogen-bond acceptors (Lipinski definition) is 4. The molecule has 33 heavy (non-hydrogen) atoms. The number of sulfonamides is 1. The summed E-state index contributed by atoms with van der Waals surface area (Å²) in [6.45, 7) is 1.70. The van der Waals surface area contributed by atoms with E-state index >= 15 is 0 Å². The average molecular weight is 572 g/mol. The quantitative estimate of drug-likeness (QED) is 0.519. The third-order valence-corrected chi connectivity index (χ3v) is 8.35. The van der Waals surface area contributed by atoms with Crippen LogP contribution in [0.15, 0.2) is 85.3 Å². The van der Waals surface area contributed by atoms with Crippen molar-refractivity contribution < 1.29 is 13.2 Å². The number of hydrogen-bond donors (Lipinski definition) is 0. The van der Waals surface area contributed by atoms with Gasteiger partial charge in [-0.3, -0.25) is 4.79 Å². The molecule has 0 aliphatic carbocycles. The maximum absolute atomic E-state index is 13.0. The first-order valence-corrected chi connectivity index (χ1v) is 13.2. The molecule has 7 nitrogen and oxygen atoms in total. The van der Waals surface area contributed by atoms with Gasteiger partial charge in [0, 0.05) is 40.5 Å². The summed E-state index contributed by atoms with van der Waals surface area (Å²) < 4.78 is 28.1. The van der Waals surface area contributed by atoms with Crippen molar-refractivity contribution in [3.05, 3.63) is 87.2 Å². The summed E-state index contributed by atoms with van der Waals surface area (Å²) in [6, 6.07) is 13.8. The topological polar surface area (TPSA) is 82.4 Å². The van der Waals surface area contributed by atoms with Crippen molar-refractivity contribution in [2.75, 3.05) is 13.1 Å². The van der Waals surface area contributed by atoms with Crippen molar-refractivity contribution in [1.82, 2.24) is 9.21 Å². The van der Waals surface area contributed by atoms with Crippen molar-refractivity contribution in [1.29, 1.82) is 0 Å². The molecule has 168 valence electrons. The number of nitrogens with zero attached hydrogens (tertiary/aromatic N) is 4. The van der Waals surface area contributed by atoms with Gasteiger partial charge in [0.05, 0.1) is 4.90 Å². The van der Waals surface area contributed by atoms with E-state index < -0.39 is 15.9 Å². The molecule has 2 aromatic rings. The van der Waals surface area contributed by atoms with E-state index in [1.807, 2.05) is 47.5 Å². The summed E-state index contributed by atoms with van der Waals surface area (Å²) in [5.74, 6) is 0.592. The molecule has 9 heteroatoms. The Balaban J connectivity index is 1.47. The number of carbonyl (C=O) groups is 1. The molecule has 5 rings (SSSR count). The Bertz CT molecular complexity index is 1340. The molecule has 1 saturated heterocycles. The summed E-state index contributed by atoms with van der Waals surface area (Å²) in [5.41, 5.74) is 2.14. The Morgan fingerprint density at radius 2 is 1.73 bits per heavy atom. The van der Waals surface area contributed by atoms with E-state index in [4.69, 9.17) is 0 Å². The lowest BCUT2D eigenvalue weighted by Gasteiger charge is -2.21. The summed E-state index contributed by atoms with van der Waals surface area (Å²) in [5, 5.41) is 0. The lowest BCUT2D eigenvalue weighted by atomic mass is 10.1. The van der Waals surface area contributed by atoms with Gasteiger partial charge in [-0.15, -0.1) is 0 Å². The van der Waals surface area contributed by atoms with E-state index in [1.165, 1.54) is 28.6 Å². The molecule has 0 atom stereocenters. The number of rotatable bonds is 3. The number of benzene rings is 2. The van der Waals surface area contributed by atoms with Gasteiger partial charge in [0.25, 0.3) is 5.91 Å². The zero-order valence-electron chi connectivity index (χ0n) is 17.7. The average Bonchev–Trinajstić information content (AvgIpc) is 3.32. The van der Waals surface area contributed by atoms with E-state index in [-0.39, 0.29) is 4.90 Å². The predicted octanol–water partition coefficient (Wildman–Crippen LogP) is 4.12. The fourth-order valence-electron chi connectivity index (χ4n) is 4.06. The van der Waals surface area contributed by atoms with Crippen LogP contribution < -0.4 is 0 Å². The van der Waals surface area contributed by atoms with E-state index in [0.29, 0.717) is 36.9 Å². The fourth-order valence-corrected chi connectivity index (χ4v) is 6.09. The standard InChI is InChI=1S/C24H21IN4O3S/c25-19-9-12-22-26-23(21-6-2-1-5-18(21)15-28(22)16-19)27-24(30)17-7-10-20(11-8-17)33(31,32)29-13-3-4-14-29/h1-2,5-12,16H,3-4,13-15H2. The van der Waals surface area contributed by atoms with E-state index in [1.54, 1.807) is 0 Å². The van der Waals surface area contributed by atoms with Gasteiger partial charge in [0.15, 0.2) is 5.84 Å². The van der Waals surface area contributed by atoms with Crippen LogP contribution >= 0.6 is 22.6 Å². The summed E-state index contributed by atoms with van der Waals surface area (Å²) in [4.78, 5) is 24.2. The zero-order valence-corrected chi connectivity index (χ0v) is 20.7. The predicted molar refractivity (Wildman–Crippen MR) is 136 cm³/mol. The molecule has 3 heterocycles. The molecule has 0 radical (unpaired) electrons. The number of carbonyl (C=O) groups excluding carboxylic acids is 1. The van der Waals surface area contributed by atoms with Gasteiger partial charge in [-0.05, 0) is 77.4 Å². The smallest absolute Gasteiger partial charge is 0.279 e. The third kappa shape index (κ3) is 4.44. The molecule has 0 aromatic heterocycles. The van der Waals surface area contributed by atoms with Crippen LogP contribution in [0.2, 0.25) is 0 Å². The molecular weight excluding hydrogens is 551 g/mol. The van der Waals surface area contributed by atoms with Crippen LogP contribution in [0, 0.1) is 0 Å². The van der Waals surface area contributed by atoms with Crippen molar-refractivity contribution in [2.45, 2.75) is 24.3 Å². The van der Waals surface area contributed by atoms with Crippen molar-refractivity contribution in [2.24, 2.45) is 9.98 Å². The Kier molecular flexibility index (Phi) is 6.02. The molecule has 0 saturated carbocycles. The molecule has 2 aromatic carbocycles. The second kappa shape index (κ2) is 8.96. The normalized spacial score (nSPS) is 19.5. The minimum absolute atomic E-state index is 0.193. The van der Waals surface area contributed by atoms with Gasteiger partial charge >= 0.3 is 0 Å². The van der Waals surface area contributed by atoms with Gasteiger partial charge in [0.1, 0.15) is 5.84 Å². The molecule has 0 N–H and O–H groups in total. The van der Waals surface area contributed by atoms with Crippen LogP contribution in [0.3, 0.4) is 0 Å². The van der Waals surface area contributed by atoms with Crippen molar-refractivity contribution >= 4 is 50.2 Å². The first-order valence-electron chi connectivity index (χ1n) is 10.6. The highest BCUT2D eigenvalue weighted by atomic mass is 127. The summed E-state index contributed by atoms with van der Waals surface area (Å²) in [6.07, 6.45) is 7.63. The minimum atomic E-state index is -3.53. The number of amidine groups is 2. The van der Waals surface area contributed by atoms with Crippen LogP contribution in [0.1, 0.15) is 34.3 Å². The van der Waals surface area contributed by atoms with Gasteiger partial charge < -0.3 is 4.90 Å². The van der Waals surface area contributed by atoms with Crippen molar-refractivity contribution in [3.8, 4) is 0 Å². The lowest BCUT2D eigenvalue weighted by molar-refractivity contribution is 0.100. The number of fused-ring (bicyclic) bond motifs is 2. The number of aliphatic imine (C=N–C) groups is 2. The van der Waals surface area contributed by atoms with Gasteiger partial charge in [-0.25, -0.2) is 13.4 Å². The molecule has 0 bridgehead atoms. The fraction of sp³-hybridized carbons (Fsp3) is 0.208. The SMILES string of the molecule is O=C(N=C1N=C2C=CC(I)=CN2Cc2ccccc21)c1ccc(S(=O)(=O)N2CCCC2)cc1. The third-order valence-electron chi connectivity index (χ3n) is 5.80. The summed E-state index contributed by atoms with van der Waals surface area (Å²) >= 11 is 2.26. The molecule has 1 amide bonds. The second-order valence-corrected chi connectivity index (χ2v) is 11.2. The highest BCUT2D eigenvalue weighted by Gasteiger charge is 2.27. The molecule has 0 unspecified atom stereocenters. The molecular formula is C24H21IN4O3S. The van der Waals surface area contributed by atoms with E-state index in [9.17, 15) is 13.2 Å². The van der Waals surface area contributed by atoms with E-state index in [0.717, 1.165) is 27.5 Å². The van der Waals surface area contributed by atoms with Gasteiger partial charge in [-0.2, -0.15) is 9.30 Å². The number of allylic oxidation sites excluding steroid dienone is 2. The Morgan fingerprint density at radius 1 is 1.00 bits per heavy atom. The maximum atomic E-state index is 13.0. The molecule has 3 aliphatic heterocycles. The van der Waals surface area contributed by atoms with Crippen LogP contribution in [0.25, 0.3) is 0 Å². The number of amides is 1. The summed E-state index contributed by atoms with van der Waals surface area (Å²) in [7, 11) is -3.53. The van der Waals surface area contributed by atoms with Crippen LogP contribution in [0.4, 0.5) is 0 Å². The minimum Gasteiger partial charge on any atom is -0.327 e. The monoisotopic (exact) mass is 572 g/mol. The first-order chi connectivity index (χ1) is 15.9. The van der Waals surface area contributed by atoms with Crippen LogP contribution in [0.5, 0.6) is 0 Å². The van der Waals surface area contributed by atoms with Crippen LogP contribution in [-0.2, 0) is 16.6 Å². The Hall–Kier alpha value is -2.63. The maximum Gasteiger partial charge on any atom is 0.279 e. The van der Waals surface area contributed by atoms with E-state index in [2.05, 4.69) is 32.6 Å². The second-order valence-electron chi connectivity index (χ2n) is 7.98. The van der Waals surface area contributed by atoms with Crippen molar-refractivity contribution in [3.63, 3.8) is 0 Å². The zero-order chi connectivity index (χ0) is 23.0. The largest absolute Gasteiger partial charge is 0.327 e. The molecule has 1 fully saturated rings. The first kappa shape index (κ1) is 22.2. The van der Waals surface area contributed by atoms with Gasteiger partial charge in [0.2, 0.25) is 10.0 Å². The van der Waals surface area contributed by atoms with Gasteiger partial charge in [-0.1, -0.05) is 24.3 Å². The Labute approximate surface area is 206 Å². The lowest BCUT2D eigenvalue weighted by Crippen LogP contribution is -2.27.